The van der Waals surface area contributed by atoms with Gasteiger partial charge in [0, 0.05) is 11.8 Å². The molecule has 3 rings (SSSR count). The molecule has 0 saturated heterocycles. The number of amides is 1. The first-order valence-corrected chi connectivity index (χ1v) is 6.55. The van der Waals surface area contributed by atoms with Gasteiger partial charge in [-0.1, -0.05) is 5.16 Å². The average molecular weight is 273 g/mol. The first-order valence-electron chi connectivity index (χ1n) is 5.74. The number of hydrogen-bond donors (Lipinski definition) is 1. The SMILES string of the molecule is Cc1cc(C(=O)Nc2ccc3sc(C)nc3c2)no1. The maximum absolute atomic E-state index is 11.9. The van der Waals surface area contributed by atoms with Crippen molar-refractivity contribution < 1.29 is 9.32 Å². The molecule has 19 heavy (non-hydrogen) atoms. The summed E-state index contributed by atoms with van der Waals surface area (Å²) < 4.78 is 5.98. The van der Waals surface area contributed by atoms with Crippen LogP contribution in [0.3, 0.4) is 0 Å². The van der Waals surface area contributed by atoms with E-state index in [1.807, 2.05) is 25.1 Å². The van der Waals surface area contributed by atoms with Crippen molar-refractivity contribution in [2.24, 2.45) is 0 Å². The van der Waals surface area contributed by atoms with Crippen LogP contribution in [0, 0.1) is 13.8 Å². The molecule has 0 aliphatic heterocycles. The number of thiazole rings is 1. The molecule has 0 atom stereocenters. The van der Waals surface area contributed by atoms with E-state index in [-0.39, 0.29) is 11.6 Å². The van der Waals surface area contributed by atoms with E-state index in [1.54, 1.807) is 24.3 Å². The molecule has 2 aromatic heterocycles. The molecule has 1 N–H and O–H groups in total. The lowest BCUT2D eigenvalue weighted by Crippen LogP contribution is -2.11. The zero-order valence-electron chi connectivity index (χ0n) is 10.4. The monoisotopic (exact) mass is 273 g/mol. The molecular formula is C13H11N3O2S. The van der Waals surface area contributed by atoms with Crippen molar-refractivity contribution in [1.82, 2.24) is 10.1 Å². The van der Waals surface area contributed by atoms with Gasteiger partial charge in [0.05, 0.1) is 15.2 Å². The quantitative estimate of drug-likeness (QED) is 0.778. The molecule has 0 bridgehead atoms. The summed E-state index contributed by atoms with van der Waals surface area (Å²) in [5, 5.41) is 7.46. The smallest absolute Gasteiger partial charge is 0.277 e. The van der Waals surface area contributed by atoms with Crippen LogP contribution in [0.4, 0.5) is 5.69 Å². The molecule has 96 valence electrons. The first-order chi connectivity index (χ1) is 9.11. The van der Waals surface area contributed by atoms with Gasteiger partial charge in [-0.15, -0.1) is 11.3 Å². The molecule has 0 spiro atoms. The van der Waals surface area contributed by atoms with Crippen molar-refractivity contribution in [3.05, 3.63) is 40.7 Å². The highest BCUT2D eigenvalue weighted by Gasteiger charge is 2.11. The molecule has 0 fully saturated rings. The number of nitrogens with zero attached hydrogens (tertiary/aromatic N) is 2. The molecule has 1 amide bonds. The van der Waals surface area contributed by atoms with Crippen LogP contribution in [0.5, 0.6) is 0 Å². The third-order valence-electron chi connectivity index (χ3n) is 2.61. The topological polar surface area (TPSA) is 68.0 Å². The predicted octanol–water partition coefficient (Wildman–Crippen LogP) is 3.15. The van der Waals surface area contributed by atoms with E-state index in [0.29, 0.717) is 11.4 Å². The Kier molecular flexibility index (Phi) is 2.79. The number of fused-ring (bicyclic) bond motifs is 1. The molecule has 0 aliphatic rings. The van der Waals surface area contributed by atoms with Gasteiger partial charge in [-0.25, -0.2) is 4.98 Å². The minimum atomic E-state index is -0.289. The van der Waals surface area contributed by atoms with Crippen molar-refractivity contribution >= 4 is 33.1 Å². The van der Waals surface area contributed by atoms with Gasteiger partial charge in [0.2, 0.25) is 0 Å². The molecule has 1 aromatic carbocycles. The number of aryl methyl sites for hydroxylation is 2. The molecule has 0 aliphatic carbocycles. The molecule has 2 heterocycles. The Bertz CT molecular complexity index is 760. The Morgan fingerprint density at radius 3 is 2.89 bits per heavy atom. The van der Waals surface area contributed by atoms with E-state index in [1.165, 1.54) is 0 Å². The lowest BCUT2D eigenvalue weighted by molar-refractivity contribution is 0.101. The highest BCUT2D eigenvalue weighted by atomic mass is 32.1. The van der Waals surface area contributed by atoms with Crippen LogP contribution in [0.1, 0.15) is 21.3 Å². The molecule has 0 unspecified atom stereocenters. The Labute approximate surface area is 113 Å². The number of hydrogen-bond acceptors (Lipinski definition) is 5. The zero-order valence-corrected chi connectivity index (χ0v) is 11.2. The van der Waals surface area contributed by atoms with E-state index in [0.717, 1.165) is 15.2 Å². The highest BCUT2D eigenvalue weighted by Crippen LogP contribution is 2.24. The second kappa shape index (κ2) is 4.47. The lowest BCUT2D eigenvalue weighted by Gasteiger charge is -2.01. The number of benzene rings is 1. The van der Waals surface area contributed by atoms with Crippen LogP contribution in [0.15, 0.2) is 28.8 Å². The van der Waals surface area contributed by atoms with Crippen molar-refractivity contribution in [1.29, 1.82) is 0 Å². The molecule has 0 radical (unpaired) electrons. The van der Waals surface area contributed by atoms with E-state index >= 15 is 0 Å². The number of anilines is 1. The standard InChI is InChI=1S/C13H11N3O2S/c1-7-5-11(16-18-7)13(17)15-9-3-4-12-10(6-9)14-8(2)19-12/h3-6H,1-2H3,(H,15,17). The van der Waals surface area contributed by atoms with Crippen molar-refractivity contribution in [3.63, 3.8) is 0 Å². The van der Waals surface area contributed by atoms with Crippen molar-refractivity contribution in [3.8, 4) is 0 Å². The molecule has 5 nitrogen and oxygen atoms in total. The summed E-state index contributed by atoms with van der Waals surface area (Å²) in [5.74, 6) is 0.318. The number of aromatic nitrogens is 2. The summed E-state index contributed by atoms with van der Waals surface area (Å²) in [5.41, 5.74) is 1.85. The van der Waals surface area contributed by atoms with Crippen molar-refractivity contribution in [2.75, 3.05) is 5.32 Å². The van der Waals surface area contributed by atoms with Gasteiger partial charge < -0.3 is 9.84 Å². The average Bonchev–Trinajstić information content (AvgIpc) is 2.93. The van der Waals surface area contributed by atoms with E-state index in [2.05, 4.69) is 15.5 Å². The van der Waals surface area contributed by atoms with Crippen LogP contribution in [0.2, 0.25) is 0 Å². The summed E-state index contributed by atoms with van der Waals surface area (Å²) in [6.45, 7) is 3.70. The molecular weight excluding hydrogens is 262 g/mol. The maximum Gasteiger partial charge on any atom is 0.277 e. The number of nitrogens with one attached hydrogen (secondary N) is 1. The van der Waals surface area contributed by atoms with Crippen LogP contribution in [-0.2, 0) is 0 Å². The van der Waals surface area contributed by atoms with Gasteiger partial charge in [-0.05, 0) is 32.0 Å². The largest absolute Gasteiger partial charge is 0.361 e. The van der Waals surface area contributed by atoms with Gasteiger partial charge in [-0.2, -0.15) is 0 Å². The minimum absolute atomic E-state index is 0.270. The second-order valence-corrected chi connectivity index (χ2v) is 5.43. The third kappa shape index (κ3) is 2.34. The fourth-order valence-electron chi connectivity index (χ4n) is 1.79. The normalized spacial score (nSPS) is 10.8. The maximum atomic E-state index is 11.9. The Morgan fingerprint density at radius 1 is 1.32 bits per heavy atom. The fourth-order valence-corrected chi connectivity index (χ4v) is 2.60. The van der Waals surface area contributed by atoms with Crippen LogP contribution < -0.4 is 5.32 Å². The van der Waals surface area contributed by atoms with Gasteiger partial charge in [0.25, 0.3) is 5.91 Å². The number of carbonyl (C=O) groups is 1. The van der Waals surface area contributed by atoms with Crippen LogP contribution >= 0.6 is 11.3 Å². The third-order valence-corrected chi connectivity index (χ3v) is 3.56. The van der Waals surface area contributed by atoms with E-state index < -0.39 is 0 Å². The second-order valence-electron chi connectivity index (χ2n) is 4.19. The first kappa shape index (κ1) is 11.9. The zero-order chi connectivity index (χ0) is 13.4. The van der Waals surface area contributed by atoms with Gasteiger partial charge >= 0.3 is 0 Å². The minimum Gasteiger partial charge on any atom is -0.361 e. The van der Waals surface area contributed by atoms with Crippen LogP contribution in [0.25, 0.3) is 10.2 Å². The number of carbonyl (C=O) groups excluding carboxylic acids is 1. The van der Waals surface area contributed by atoms with E-state index in [4.69, 9.17) is 4.52 Å². The summed E-state index contributed by atoms with van der Waals surface area (Å²) in [7, 11) is 0. The predicted molar refractivity (Wildman–Crippen MR) is 73.6 cm³/mol. The van der Waals surface area contributed by atoms with Crippen molar-refractivity contribution in [2.45, 2.75) is 13.8 Å². The number of rotatable bonds is 2. The summed E-state index contributed by atoms with van der Waals surface area (Å²) in [6, 6.07) is 7.25. The summed E-state index contributed by atoms with van der Waals surface area (Å²) in [4.78, 5) is 16.3. The lowest BCUT2D eigenvalue weighted by atomic mass is 10.3. The van der Waals surface area contributed by atoms with Gasteiger partial charge in [0.15, 0.2) is 5.69 Å². The Balaban J connectivity index is 1.86. The molecule has 6 heteroatoms. The Hall–Kier alpha value is -2.21. The van der Waals surface area contributed by atoms with Gasteiger partial charge in [0.1, 0.15) is 5.76 Å². The summed E-state index contributed by atoms with van der Waals surface area (Å²) >= 11 is 1.63. The van der Waals surface area contributed by atoms with Gasteiger partial charge in [-0.3, -0.25) is 4.79 Å². The highest BCUT2D eigenvalue weighted by molar-refractivity contribution is 7.18. The fraction of sp³-hybridized carbons (Fsp3) is 0.154. The molecule has 0 saturated carbocycles. The van der Waals surface area contributed by atoms with E-state index in [9.17, 15) is 4.79 Å². The summed E-state index contributed by atoms with van der Waals surface area (Å²) in [6.07, 6.45) is 0. The Morgan fingerprint density at radius 2 is 2.16 bits per heavy atom. The molecule has 3 aromatic rings. The van der Waals surface area contributed by atoms with Crippen LogP contribution in [-0.4, -0.2) is 16.0 Å².